The van der Waals surface area contributed by atoms with Gasteiger partial charge in [-0.25, -0.2) is 13.4 Å². The fraction of sp³-hybridized carbons (Fsp3) is 0.381. The van der Waals surface area contributed by atoms with Crippen molar-refractivity contribution in [1.82, 2.24) is 9.29 Å². The number of pyridine rings is 1. The minimum Gasteiger partial charge on any atom is -0.384 e. The van der Waals surface area contributed by atoms with Gasteiger partial charge < -0.3 is 20.8 Å². The highest BCUT2D eigenvalue weighted by molar-refractivity contribution is 7.89. The Bertz CT molecular complexity index is 1220. The van der Waals surface area contributed by atoms with Crippen LogP contribution in [0.25, 0.3) is 0 Å². The molecule has 0 bridgehead atoms. The molecule has 1 saturated heterocycles. The standard InChI is InChI=1S/C21H20F6N4O4S/c22-20(23,24)19(33,21(25,26)27)14-3-5-15(6-4-14)31-10-9-30(13-16(31)2-1-11-32)36(34,35)17-7-8-18(28)29-12-17/h3-8,12,16,32-33H,9-11,13H2,(H2,28,29)/t16-/m1/s1. The lowest BCUT2D eigenvalue weighted by atomic mass is 9.92. The van der Waals surface area contributed by atoms with E-state index in [1.807, 2.05) is 0 Å². The smallest absolute Gasteiger partial charge is 0.384 e. The summed E-state index contributed by atoms with van der Waals surface area (Å²) in [6.45, 7) is -0.923. The third kappa shape index (κ3) is 5.07. The summed E-state index contributed by atoms with van der Waals surface area (Å²) in [5.74, 6) is 5.15. The molecule has 1 aromatic carbocycles. The fourth-order valence-electron chi connectivity index (χ4n) is 3.65. The number of aliphatic hydroxyl groups excluding tert-OH is 1. The molecule has 1 atom stereocenters. The van der Waals surface area contributed by atoms with Crippen molar-refractivity contribution in [1.29, 1.82) is 0 Å². The molecule has 1 aliphatic rings. The predicted molar refractivity (Wildman–Crippen MR) is 116 cm³/mol. The molecule has 0 amide bonds. The molecule has 8 nitrogen and oxygen atoms in total. The zero-order valence-electron chi connectivity index (χ0n) is 18.3. The summed E-state index contributed by atoms with van der Waals surface area (Å²) in [5.41, 5.74) is -0.887. The van der Waals surface area contributed by atoms with Crippen molar-refractivity contribution in [2.75, 3.05) is 36.9 Å². The van der Waals surface area contributed by atoms with Gasteiger partial charge in [-0.05, 0) is 24.3 Å². The van der Waals surface area contributed by atoms with Crippen LogP contribution in [-0.2, 0) is 15.6 Å². The Hall–Kier alpha value is -3.06. The van der Waals surface area contributed by atoms with E-state index < -0.39 is 46.2 Å². The number of hydrogen-bond donors (Lipinski definition) is 3. The molecule has 2 heterocycles. The van der Waals surface area contributed by atoms with Gasteiger partial charge in [-0.2, -0.15) is 30.6 Å². The zero-order chi connectivity index (χ0) is 26.9. The van der Waals surface area contributed by atoms with Crippen LogP contribution < -0.4 is 10.6 Å². The quantitative estimate of drug-likeness (QED) is 0.402. The van der Waals surface area contributed by atoms with Gasteiger partial charge >= 0.3 is 12.4 Å². The van der Waals surface area contributed by atoms with E-state index in [0.717, 1.165) is 22.6 Å². The molecule has 1 aliphatic heterocycles. The van der Waals surface area contributed by atoms with Crippen LogP contribution in [0.1, 0.15) is 5.56 Å². The third-order valence-corrected chi connectivity index (χ3v) is 7.37. The summed E-state index contributed by atoms with van der Waals surface area (Å²) >= 11 is 0. The van der Waals surface area contributed by atoms with Crippen molar-refractivity contribution in [2.24, 2.45) is 0 Å². The second-order valence-electron chi connectivity index (χ2n) is 7.72. The number of nitrogens with zero attached hydrogens (tertiary/aromatic N) is 3. The minimum atomic E-state index is -6.03. The number of alkyl halides is 6. The lowest BCUT2D eigenvalue weighted by Gasteiger charge is -2.40. The monoisotopic (exact) mass is 538 g/mol. The third-order valence-electron chi connectivity index (χ3n) is 5.53. The molecule has 36 heavy (non-hydrogen) atoms. The Morgan fingerprint density at radius 2 is 1.64 bits per heavy atom. The molecule has 1 fully saturated rings. The van der Waals surface area contributed by atoms with Crippen molar-refractivity contribution in [3.63, 3.8) is 0 Å². The Kier molecular flexibility index (Phi) is 7.47. The van der Waals surface area contributed by atoms with Crippen LogP contribution in [0.4, 0.5) is 37.8 Å². The van der Waals surface area contributed by atoms with Crippen LogP contribution >= 0.6 is 0 Å². The normalized spacial score (nSPS) is 18.0. The van der Waals surface area contributed by atoms with Gasteiger partial charge in [0.15, 0.2) is 0 Å². The number of hydrogen-bond acceptors (Lipinski definition) is 7. The molecule has 0 radical (unpaired) electrons. The van der Waals surface area contributed by atoms with Crippen LogP contribution in [-0.4, -0.2) is 72.6 Å². The van der Waals surface area contributed by atoms with E-state index in [1.54, 1.807) is 0 Å². The van der Waals surface area contributed by atoms with Crippen LogP contribution in [0.15, 0.2) is 47.5 Å². The maximum absolute atomic E-state index is 13.2. The molecule has 0 aliphatic carbocycles. The molecule has 0 unspecified atom stereocenters. The van der Waals surface area contributed by atoms with Gasteiger partial charge in [0.05, 0.1) is 0 Å². The topological polar surface area (TPSA) is 120 Å². The highest BCUT2D eigenvalue weighted by Gasteiger charge is 2.71. The van der Waals surface area contributed by atoms with E-state index in [4.69, 9.17) is 10.8 Å². The highest BCUT2D eigenvalue weighted by Crippen LogP contribution is 2.50. The highest BCUT2D eigenvalue weighted by atomic mass is 32.2. The number of aliphatic hydroxyl groups is 2. The molecule has 0 spiro atoms. The first kappa shape index (κ1) is 27.5. The number of halogens is 6. The molecular weight excluding hydrogens is 518 g/mol. The average molecular weight is 538 g/mol. The van der Waals surface area contributed by atoms with Gasteiger partial charge in [-0.3, -0.25) is 0 Å². The largest absolute Gasteiger partial charge is 0.430 e. The van der Waals surface area contributed by atoms with Crippen LogP contribution in [0.5, 0.6) is 0 Å². The van der Waals surface area contributed by atoms with Crippen molar-refractivity contribution < 1.29 is 45.0 Å². The molecule has 15 heteroatoms. The van der Waals surface area contributed by atoms with Crippen molar-refractivity contribution in [3.8, 4) is 11.8 Å². The van der Waals surface area contributed by atoms with Gasteiger partial charge in [-0.1, -0.05) is 24.0 Å². The summed E-state index contributed by atoms with van der Waals surface area (Å²) < 4.78 is 106. The summed E-state index contributed by atoms with van der Waals surface area (Å²) in [6, 6.07) is 4.54. The summed E-state index contributed by atoms with van der Waals surface area (Å²) in [7, 11) is -4.03. The molecule has 2 aromatic rings. The van der Waals surface area contributed by atoms with Gasteiger partial charge in [0, 0.05) is 37.1 Å². The number of anilines is 2. The molecule has 0 saturated carbocycles. The van der Waals surface area contributed by atoms with Crippen LogP contribution in [0.2, 0.25) is 0 Å². The number of rotatable bonds is 4. The minimum absolute atomic E-state index is 0.0332. The lowest BCUT2D eigenvalue weighted by molar-refractivity contribution is -0.376. The first-order valence-corrected chi connectivity index (χ1v) is 11.6. The Morgan fingerprint density at radius 1 is 1.03 bits per heavy atom. The second-order valence-corrected chi connectivity index (χ2v) is 9.66. The van der Waals surface area contributed by atoms with Gasteiger partial charge in [0.25, 0.3) is 5.60 Å². The summed E-state index contributed by atoms with van der Waals surface area (Å²) in [5, 5.41) is 18.7. The number of benzene rings is 1. The molecule has 3 rings (SSSR count). The molecule has 1 aromatic heterocycles. The van der Waals surface area contributed by atoms with E-state index in [9.17, 15) is 39.9 Å². The van der Waals surface area contributed by atoms with E-state index in [-0.39, 0.29) is 36.0 Å². The Morgan fingerprint density at radius 3 is 2.14 bits per heavy atom. The Labute approximate surface area is 202 Å². The number of nitrogens with two attached hydrogens (primary N) is 1. The SMILES string of the molecule is Nc1ccc(S(=O)(=O)N2CCN(c3ccc(C(O)(C(F)(F)F)C(F)(F)F)cc3)[C@H](C#CCO)C2)cn1. The van der Waals surface area contributed by atoms with Crippen LogP contribution in [0.3, 0.4) is 0 Å². The number of aromatic nitrogens is 1. The van der Waals surface area contributed by atoms with E-state index in [0.29, 0.717) is 12.1 Å². The second kappa shape index (κ2) is 9.77. The maximum Gasteiger partial charge on any atom is 0.430 e. The zero-order valence-corrected chi connectivity index (χ0v) is 19.1. The first-order valence-electron chi connectivity index (χ1n) is 10.2. The maximum atomic E-state index is 13.2. The van der Waals surface area contributed by atoms with E-state index >= 15 is 0 Å². The lowest BCUT2D eigenvalue weighted by Crippen LogP contribution is -2.55. The van der Waals surface area contributed by atoms with E-state index in [1.165, 1.54) is 17.0 Å². The van der Waals surface area contributed by atoms with Crippen molar-refractivity contribution in [3.05, 3.63) is 48.2 Å². The summed E-state index contributed by atoms with van der Waals surface area (Å²) in [4.78, 5) is 5.09. The van der Waals surface area contributed by atoms with Crippen molar-refractivity contribution in [2.45, 2.75) is 28.9 Å². The molecular formula is C21H20F6N4O4S. The Balaban J connectivity index is 1.92. The number of nitrogen functional groups attached to an aromatic ring is 1. The number of piperazine rings is 1. The van der Waals surface area contributed by atoms with Crippen molar-refractivity contribution >= 4 is 21.5 Å². The van der Waals surface area contributed by atoms with Gasteiger partial charge in [0.2, 0.25) is 10.0 Å². The fourth-order valence-corrected chi connectivity index (χ4v) is 5.03. The predicted octanol–water partition coefficient (Wildman–Crippen LogP) is 1.85. The van der Waals surface area contributed by atoms with Crippen LogP contribution in [0, 0.1) is 11.8 Å². The first-order chi connectivity index (χ1) is 16.6. The average Bonchev–Trinajstić information content (AvgIpc) is 2.81. The summed E-state index contributed by atoms with van der Waals surface area (Å²) in [6.07, 6.45) is -11.0. The van der Waals surface area contributed by atoms with Gasteiger partial charge in [0.1, 0.15) is 23.4 Å². The number of sulfonamides is 1. The molecule has 4 N–H and O–H groups in total. The molecule has 196 valence electrons. The van der Waals surface area contributed by atoms with Gasteiger partial charge in [-0.15, -0.1) is 0 Å². The van der Waals surface area contributed by atoms with E-state index in [2.05, 4.69) is 16.8 Å².